The largest absolute Gasteiger partial charge is 0.496 e. The third kappa shape index (κ3) is 7.14. The molecule has 2 aromatic rings. The Hall–Kier alpha value is -3.73. The highest BCUT2D eigenvalue weighted by Gasteiger charge is 2.16. The molecule has 0 aliphatic carbocycles. The van der Waals surface area contributed by atoms with Crippen molar-refractivity contribution in [3.63, 3.8) is 0 Å². The van der Waals surface area contributed by atoms with E-state index >= 15 is 0 Å². The number of hydrogen-bond donors (Lipinski definition) is 2. The lowest BCUT2D eigenvalue weighted by Crippen LogP contribution is -2.16. The van der Waals surface area contributed by atoms with Gasteiger partial charge in [0.1, 0.15) is 29.4 Å². The van der Waals surface area contributed by atoms with Gasteiger partial charge in [-0.2, -0.15) is 0 Å². The number of aliphatic carboxylic acids is 1. The molecule has 2 N–H and O–H groups in total. The molecular formula is C22H25NO9S. The summed E-state index contributed by atoms with van der Waals surface area (Å²) in [6, 6.07) is 7.64. The van der Waals surface area contributed by atoms with Crippen LogP contribution in [0.15, 0.2) is 35.7 Å². The van der Waals surface area contributed by atoms with Crippen molar-refractivity contribution in [2.24, 2.45) is 0 Å². The van der Waals surface area contributed by atoms with E-state index in [0.29, 0.717) is 28.4 Å². The lowest BCUT2D eigenvalue weighted by molar-refractivity contribution is -0.139. The summed E-state index contributed by atoms with van der Waals surface area (Å²) in [4.78, 5) is 22.5. The molecule has 0 aliphatic rings. The van der Waals surface area contributed by atoms with Gasteiger partial charge in [-0.05, 0) is 23.8 Å². The molecule has 0 saturated carbocycles. The molecule has 0 radical (unpaired) electrons. The molecule has 10 nitrogen and oxygen atoms in total. The SMILES string of the molecule is COc1cc(OC)c(C=CS(=O)(=O)Cc2ccc(OC)c(NC(=O)CC(=O)O)c2)c(OC)c1. The zero-order valence-electron chi connectivity index (χ0n) is 18.6. The van der Waals surface area contributed by atoms with Gasteiger partial charge in [-0.3, -0.25) is 9.59 Å². The lowest BCUT2D eigenvalue weighted by atomic mass is 10.1. The molecule has 0 fully saturated rings. The number of carbonyl (C=O) groups excluding carboxylic acids is 1. The number of rotatable bonds is 11. The van der Waals surface area contributed by atoms with Crippen molar-refractivity contribution in [1.29, 1.82) is 0 Å². The molecule has 11 heteroatoms. The Bertz CT molecular complexity index is 1130. The number of carbonyl (C=O) groups is 2. The molecule has 178 valence electrons. The van der Waals surface area contributed by atoms with Gasteiger partial charge in [0.25, 0.3) is 0 Å². The first-order valence-electron chi connectivity index (χ1n) is 9.51. The highest BCUT2D eigenvalue weighted by Crippen LogP contribution is 2.35. The summed E-state index contributed by atoms with van der Waals surface area (Å²) in [5, 5.41) is 12.2. The molecular weight excluding hydrogens is 454 g/mol. The van der Waals surface area contributed by atoms with Crippen LogP contribution in [0.1, 0.15) is 17.5 Å². The van der Waals surface area contributed by atoms with Crippen molar-refractivity contribution in [3.05, 3.63) is 46.9 Å². The van der Waals surface area contributed by atoms with Crippen molar-refractivity contribution in [1.82, 2.24) is 0 Å². The van der Waals surface area contributed by atoms with Gasteiger partial charge in [0.15, 0.2) is 9.84 Å². The van der Waals surface area contributed by atoms with E-state index < -0.39 is 28.1 Å². The molecule has 1 amide bonds. The Balaban J connectivity index is 2.31. The van der Waals surface area contributed by atoms with E-state index in [1.165, 1.54) is 52.7 Å². The summed E-state index contributed by atoms with van der Waals surface area (Å²) < 4.78 is 46.4. The Morgan fingerprint density at radius 1 is 0.939 bits per heavy atom. The minimum Gasteiger partial charge on any atom is -0.496 e. The number of hydrogen-bond acceptors (Lipinski definition) is 8. The van der Waals surface area contributed by atoms with E-state index in [1.807, 2.05) is 0 Å². The number of ether oxygens (including phenoxy) is 4. The van der Waals surface area contributed by atoms with E-state index in [1.54, 1.807) is 12.1 Å². The van der Waals surface area contributed by atoms with Crippen LogP contribution in [0.4, 0.5) is 5.69 Å². The molecule has 2 rings (SSSR count). The normalized spacial score (nSPS) is 11.2. The molecule has 0 unspecified atom stereocenters. The predicted octanol–water partition coefficient (Wildman–Crippen LogP) is 2.72. The third-order valence-electron chi connectivity index (χ3n) is 4.41. The smallest absolute Gasteiger partial charge is 0.312 e. The Morgan fingerprint density at radius 3 is 2.06 bits per heavy atom. The number of nitrogens with one attached hydrogen (secondary N) is 1. The zero-order valence-corrected chi connectivity index (χ0v) is 19.4. The topological polar surface area (TPSA) is 137 Å². The summed E-state index contributed by atoms with van der Waals surface area (Å²) in [5.41, 5.74) is 0.944. The standard InChI is InChI=1S/C22H25NO9S/c1-29-15-10-19(31-3)16(20(11-15)32-4)7-8-33(27,28)13-14-5-6-18(30-2)17(9-14)23-21(24)12-22(25)26/h5-11H,12-13H2,1-4H3,(H,23,24)(H,25,26). The van der Waals surface area contributed by atoms with Gasteiger partial charge in [-0.1, -0.05) is 6.07 Å². The molecule has 0 heterocycles. The van der Waals surface area contributed by atoms with Crippen molar-refractivity contribution < 1.29 is 42.1 Å². The molecule has 0 spiro atoms. The van der Waals surface area contributed by atoms with Crippen LogP contribution < -0.4 is 24.3 Å². The Kier molecular flexibility index (Phi) is 8.69. The summed E-state index contributed by atoms with van der Waals surface area (Å²) in [7, 11) is 1.99. The fourth-order valence-corrected chi connectivity index (χ4v) is 4.01. The van der Waals surface area contributed by atoms with E-state index in [0.717, 1.165) is 5.41 Å². The van der Waals surface area contributed by atoms with Gasteiger partial charge >= 0.3 is 5.97 Å². The summed E-state index contributed by atoms with van der Waals surface area (Å²) in [6.45, 7) is 0. The van der Waals surface area contributed by atoms with Crippen LogP contribution in [-0.4, -0.2) is 53.8 Å². The van der Waals surface area contributed by atoms with Crippen molar-refractivity contribution in [2.75, 3.05) is 33.8 Å². The minimum atomic E-state index is -3.75. The maximum absolute atomic E-state index is 12.7. The number of methoxy groups -OCH3 is 4. The average molecular weight is 480 g/mol. The van der Waals surface area contributed by atoms with Crippen LogP contribution in [-0.2, 0) is 25.2 Å². The lowest BCUT2D eigenvalue weighted by Gasteiger charge is -2.13. The van der Waals surface area contributed by atoms with E-state index in [4.69, 9.17) is 24.1 Å². The summed E-state index contributed by atoms with van der Waals surface area (Å²) >= 11 is 0. The average Bonchev–Trinajstić information content (AvgIpc) is 2.76. The molecule has 0 aromatic heterocycles. The first-order valence-corrected chi connectivity index (χ1v) is 11.2. The van der Waals surface area contributed by atoms with Gasteiger partial charge in [-0.25, -0.2) is 8.42 Å². The molecule has 0 aliphatic heterocycles. The number of benzene rings is 2. The first kappa shape index (κ1) is 25.5. The number of anilines is 1. The second-order valence-corrected chi connectivity index (χ2v) is 8.60. The van der Waals surface area contributed by atoms with Crippen molar-refractivity contribution in [2.45, 2.75) is 12.2 Å². The first-order chi connectivity index (χ1) is 15.6. The van der Waals surface area contributed by atoms with E-state index in [-0.39, 0.29) is 17.2 Å². The van der Waals surface area contributed by atoms with Gasteiger partial charge < -0.3 is 29.4 Å². The van der Waals surface area contributed by atoms with Crippen molar-refractivity contribution >= 4 is 33.5 Å². The third-order valence-corrected chi connectivity index (χ3v) is 5.70. The second-order valence-electron chi connectivity index (χ2n) is 6.71. The number of carboxylic acids is 1. The van der Waals surface area contributed by atoms with Gasteiger partial charge in [0.2, 0.25) is 5.91 Å². The van der Waals surface area contributed by atoms with E-state index in [9.17, 15) is 18.0 Å². The molecule has 0 atom stereocenters. The Morgan fingerprint density at radius 2 is 1.55 bits per heavy atom. The second kappa shape index (κ2) is 11.2. The van der Waals surface area contributed by atoms with Crippen molar-refractivity contribution in [3.8, 4) is 23.0 Å². The highest BCUT2D eigenvalue weighted by atomic mass is 32.2. The highest BCUT2D eigenvalue weighted by molar-refractivity contribution is 7.93. The molecule has 0 bridgehead atoms. The summed E-state index contributed by atoms with van der Waals surface area (Å²) in [6.07, 6.45) is 0.630. The molecule has 2 aromatic carbocycles. The van der Waals surface area contributed by atoms with Gasteiger partial charge in [0, 0.05) is 17.5 Å². The van der Waals surface area contributed by atoms with Crippen LogP contribution in [0.5, 0.6) is 23.0 Å². The molecule has 33 heavy (non-hydrogen) atoms. The van der Waals surface area contributed by atoms with Gasteiger partial charge in [0.05, 0.1) is 45.4 Å². The van der Waals surface area contributed by atoms with Crippen LogP contribution >= 0.6 is 0 Å². The fourth-order valence-electron chi connectivity index (χ4n) is 2.92. The van der Waals surface area contributed by atoms with Crippen LogP contribution in [0.25, 0.3) is 6.08 Å². The number of amides is 1. The zero-order chi connectivity index (χ0) is 24.6. The number of sulfone groups is 1. The molecule has 0 saturated heterocycles. The minimum absolute atomic E-state index is 0.166. The summed E-state index contributed by atoms with van der Waals surface area (Å²) in [5.74, 6) is -0.955. The maximum Gasteiger partial charge on any atom is 0.312 e. The van der Waals surface area contributed by atoms with Crippen LogP contribution in [0.2, 0.25) is 0 Å². The van der Waals surface area contributed by atoms with E-state index in [2.05, 4.69) is 5.32 Å². The predicted molar refractivity (Wildman–Crippen MR) is 122 cm³/mol. The fraction of sp³-hybridized carbons (Fsp3) is 0.273. The van der Waals surface area contributed by atoms with Gasteiger partial charge in [-0.15, -0.1) is 0 Å². The number of carboxylic acid groups (broad SMARTS) is 1. The maximum atomic E-state index is 12.7. The van der Waals surface area contributed by atoms with Crippen LogP contribution in [0, 0.1) is 0 Å². The van der Waals surface area contributed by atoms with Crippen LogP contribution in [0.3, 0.4) is 0 Å². The monoisotopic (exact) mass is 479 g/mol. The quantitative estimate of drug-likeness (QED) is 0.466. The Labute approximate surface area is 191 Å².